The fourth-order valence-electron chi connectivity index (χ4n) is 2.85. The molecule has 1 unspecified atom stereocenters. The molecule has 0 saturated carbocycles. The predicted octanol–water partition coefficient (Wildman–Crippen LogP) is 1.76. The lowest BCUT2D eigenvalue weighted by atomic mass is 9.99. The summed E-state index contributed by atoms with van der Waals surface area (Å²) in [6, 6.07) is 7.03. The lowest BCUT2D eigenvalue weighted by Gasteiger charge is -2.15. The lowest BCUT2D eigenvalue weighted by Crippen LogP contribution is -2.29. The van der Waals surface area contributed by atoms with Gasteiger partial charge in [-0.3, -0.25) is 9.59 Å². The molecule has 1 aromatic carbocycles. The minimum absolute atomic E-state index is 0.146. The second-order valence-electron chi connectivity index (χ2n) is 5.36. The Kier molecular flexibility index (Phi) is 2.70. The maximum absolute atomic E-state index is 12.4. The highest BCUT2D eigenvalue weighted by molar-refractivity contribution is 7.16. The third kappa shape index (κ3) is 1.83. The monoisotopic (exact) mass is 299 g/mol. The van der Waals surface area contributed by atoms with Gasteiger partial charge < -0.3 is 5.73 Å². The zero-order valence-corrected chi connectivity index (χ0v) is 12.0. The molecular weight excluding hydrogens is 286 g/mol. The molecule has 0 bridgehead atoms. The van der Waals surface area contributed by atoms with Crippen LogP contribution in [-0.4, -0.2) is 22.8 Å². The third-order valence-corrected chi connectivity index (χ3v) is 5.06. The van der Waals surface area contributed by atoms with Crippen LogP contribution in [0.1, 0.15) is 37.7 Å². The van der Waals surface area contributed by atoms with Crippen molar-refractivity contribution < 1.29 is 9.59 Å². The van der Waals surface area contributed by atoms with Gasteiger partial charge in [-0.2, -0.15) is 0 Å². The molecule has 2 aromatic rings. The number of carbonyl (C=O) groups is 2. The molecule has 21 heavy (non-hydrogen) atoms. The first-order valence-electron chi connectivity index (χ1n) is 6.87. The molecule has 106 valence electrons. The Morgan fingerprint density at radius 1 is 1.19 bits per heavy atom. The lowest BCUT2D eigenvalue weighted by molar-refractivity contribution is 0.0926. The maximum atomic E-state index is 12.4. The average Bonchev–Trinajstić information content (AvgIpc) is 2.99. The number of anilines is 1. The molecule has 4 rings (SSSR count). The van der Waals surface area contributed by atoms with Crippen LogP contribution in [-0.2, 0) is 12.8 Å². The van der Waals surface area contributed by atoms with Crippen LogP contribution in [0.25, 0.3) is 0 Å². The number of aromatic nitrogens is 1. The number of hydrogen-bond donors (Lipinski definition) is 1. The summed E-state index contributed by atoms with van der Waals surface area (Å²) in [6.07, 6.45) is 2.49. The van der Waals surface area contributed by atoms with Crippen LogP contribution in [0.4, 0.5) is 5.13 Å². The van der Waals surface area contributed by atoms with E-state index in [0.29, 0.717) is 16.3 Å². The Labute approximate surface area is 125 Å². The van der Waals surface area contributed by atoms with Gasteiger partial charge in [-0.15, -0.1) is 11.3 Å². The van der Waals surface area contributed by atoms with Crippen molar-refractivity contribution in [2.24, 2.45) is 5.73 Å². The van der Waals surface area contributed by atoms with Gasteiger partial charge in [0.1, 0.15) is 0 Å². The van der Waals surface area contributed by atoms with Crippen molar-refractivity contribution in [2.75, 3.05) is 4.90 Å². The van der Waals surface area contributed by atoms with E-state index in [1.807, 2.05) is 0 Å². The molecule has 1 aromatic heterocycles. The number of benzene rings is 1. The van der Waals surface area contributed by atoms with Crippen LogP contribution in [0.15, 0.2) is 24.3 Å². The third-order valence-electron chi connectivity index (χ3n) is 3.95. The molecule has 1 atom stereocenters. The normalized spacial score (nSPS) is 20.6. The highest BCUT2D eigenvalue weighted by atomic mass is 32.1. The fourth-order valence-corrected chi connectivity index (χ4v) is 4.04. The van der Waals surface area contributed by atoms with E-state index in [4.69, 9.17) is 5.73 Å². The fraction of sp³-hybridized carbons (Fsp3) is 0.267. The van der Waals surface area contributed by atoms with E-state index in [9.17, 15) is 9.59 Å². The topological polar surface area (TPSA) is 76.3 Å². The highest BCUT2D eigenvalue weighted by Gasteiger charge is 2.38. The van der Waals surface area contributed by atoms with Gasteiger partial charge in [0.05, 0.1) is 16.8 Å². The molecule has 0 radical (unpaired) electrons. The van der Waals surface area contributed by atoms with Crippen molar-refractivity contribution in [3.63, 3.8) is 0 Å². The zero-order chi connectivity index (χ0) is 14.6. The number of rotatable bonds is 1. The minimum atomic E-state index is -0.286. The van der Waals surface area contributed by atoms with Gasteiger partial charge in [0.25, 0.3) is 11.8 Å². The smallest absolute Gasteiger partial charge is 0.268 e. The number of carbonyl (C=O) groups excluding carboxylic acids is 2. The van der Waals surface area contributed by atoms with Crippen molar-refractivity contribution >= 4 is 28.3 Å². The molecule has 1 aliphatic heterocycles. The Morgan fingerprint density at radius 2 is 1.86 bits per heavy atom. The second kappa shape index (κ2) is 4.47. The maximum Gasteiger partial charge on any atom is 0.268 e. The number of aryl methyl sites for hydroxylation is 1. The van der Waals surface area contributed by atoms with Crippen LogP contribution in [0.2, 0.25) is 0 Å². The summed E-state index contributed by atoms with van der Waals surface area (Å²) < 4.78 is 0. The van der Waals surface area contributed by atoms with Crippen molar-refractivity contribution in [3.8, 4) is 0 Å². The summed E-state index contributed by atoms with van der Waals surface area (Å²) >= 11 is 1.41. The van der Waals surface area contributed by atoms with Crippen LogP contribution < -0.4 is 10.6 Å². The molecule has 1 aliphatic carbocycles. The van der Waals surface area contributed by atoms with Crippen molar-refractivity contribution in [1.82, 2.24) is 4.98 Å². The Bertz CT molecular complexity index is 733. The van der Waals surface area contributed by atoms with Crippen LogP contribution in [0.5, 0.6) is 0 Å². The molecule has 0 fully saturated rings. The van der Waals surface area contributed by atoms with Crippen molar-refractivity contribution in [2.45, 2.75) is 25.3 Å². The van der Waals surface area contributed by atoms with Gasteiger partial charge in [0, 0.05) is 10.9 Å². The Balaban J connectivity index is 1.76. The number of amides is 2. The molecule has 0 saturated heterocycles. The van der Waals surface area contributed by atoms with Crippen molar-refractivity contribution in [3.05, 3.63) is 46.0 Å². The first-order chi connectivity index (χ1) is 10.1. The largest absolute Gasteiger partial charge is 0.327 e. The zero-order valence-electron chi connectivity index (χ0n) is 11.2. The van der Waals surface area contributed by atoms with Gasteiger partial charge in [0.2, 0.25) is 0 Å². The summed E-state index contributed by atoms with van der Waals surface area (Å²) in [5, 5.41) is 0.473. The Hall–Kier alpha value is -2.05. The summed E-state index contributed by atoms with van der Waals surface area (Å²) in [6.45, 7) is 0. The quantitative estimate of drug-likeness (QED) is 0.814. The summed E-state index contributed by atoms with van der Waals surface area (Å²) in [4.78, 5) is 31.7. The van der Waals surface area contributed by atoms with Gasteiger partial charge >= 0.3 is 0 Å². The Morgan fingerprint density at radius 3 is 2.52 bits per heavy atom. The van der Waals surface area contributed by atoms with Gasteiger partial charge in [-0.25, -0.2) is 9.88 Å². The summed E-state index contributed by atoms with van der Waals surface area (Å²) in [5.41, 5.74) is 7.85. The first-order valence-corrected chi connectivity index (χ1v) is 7.69. The van der Waals surface area contributed by atoms with Crippen molar-refractivity contribution in [1.29, 1.82) is 0 Å². The number of nitrogens with zero attached hydrogens (tertiary/aromatic N) is 2. The minimum Gasteiger partial charge on any atom is -0.327 e. The highest BCUT2D eigenvalue weighted by Crippen LogP contribution is 2.35. The van der Waals surface area contributed by atoms with E-state index in [1.165, 1.54) is 16.2 Å². The van der Waals surface area contributed by atoms with E-state index < -0.39 is 0 Å². The van der Waals surface area contributed by atoms with E-state index in [0.717, 1.165) is 29.8 Å². The molecule has 2 amide bonds. The van der Waals surface area contributed by atoms with Gasteiger partial charge in [0.15, 0.2) is 5.13 Å². The van der Waals surface area contributed by atoms with Gasteiger partial charge in [-0.05, 0) is 31.4 Å². The average molecular weight is 299 g/mol. The van der Waals surface area contributed by atoms with E-state index >= 15 is 0 Å². The molecule has 2 N–H and O–H groups in total. The van der Waals surface area contributed by atoms with E-state index in [-0.39, 0.29) is 17.9 Å². The second-order valence-corrected chi connectivity index (χ2v) is 6.42. The molecule has 0 spiro atoms. The van der Waals surface area contributed by atoms with Crippen LogP contribution in [0, 0.1) is 0 Å². The standard InChI is InChI=1S/C15H13N3O2S/c16-8-5-6-11-12(7-8)21-15(17-11)18-13(19)9-3-1-2-4-10(9)14(18)20/h1-4,8H,5-7,16H2. The number of fused-ring (bicyclic) bond motifs is 2. The molecular formula is C15H13N3O2S. The predicted molar refractivity (Wildman–Crippen MR) is 79.7 cm³/mol. The molecule has 6 heteroatoms. The van der Waals surface area contributed by atoms with Crippen LogP contribution in [0.3, 0.4) is 0 Å². The number of nitrogens with two attached hydrogens (primary N) is 1. The van der Waals surface area contributed by atoms with E-state index in [1.54, 1.807) is 24.3 Å². The first kappa shape index (κ1) is 12.7. The SMILES string of the molecule is NC1CCc2nc(N3C(=O)c4ccccc4C3=O)sc2C1. The number of imide groups is 1. The number of thiazole rings is 1. The number of hydrogen-bond acceptors (Lipinski definition) is 5. The molecule has 2 aliphatic rings. The van der Waals surface area contributed by atoms with Crippen LogP contribution >= 0.6 is 11.3 Å². The molecule has 5 nitrogen and oxygen atoms in total. The van der Waals surface area contributed by atoms with Gasteiger partial charge in [-0.1, -0.05) is 12.1 Å². The summed E-state index contributed by atoms with van der Waals surface area (Å²) in [5.74, 6) is -0.572. The van der Waals surface area contributed by atoms with E-state index in [2.05, 4.69) is 4.98 Å². The summed E-state index contributed by atoms with van der Waals surface area (Å²) in [7, 11) is 0. The molecule has 2 heterocycles.